The van der Waals surface area contributed by atoms with Crippen LogP contribution in [0.25, 0.3) is 0 Å². The highest BCUT2D eigenvalue weighted by molar-refractivity contribution is 5.52. The second-order valence-corrected chi connectivity index (χ2v) is 4.57. The van der Waals surface area contributed by atoms with E-state index in [1.807, 2.05) is 12.1 Å². The van der Waals surface area contributed by atoms with Gasteiger partial charge in [-0.25, -0.2) is 0 Å². The Kier molecular flexibility index (Phi) is 4.31. The molecule has 2 rings (SSSR count). The van der Waals surface area contributed by atoms with Crippen LogP contribution >= 0.6 is 0 Å². The van der Waals surface area contributed by atoms with E-state index in [4.69, 9.17) is 19.9 Å². The molecule has 18 heavy (non-hydrogen) atoms. The molecule has 0 aliphatic carbocycles. The predicted molar refractivity (Wildman–Crippen MR) is 70.3 cm³/mol. The monoisotopic (exact) mass is 251 g/mol. The largest absolute Gasteiger partial charge is 0.490 e. The van der Waals surface area contributed by atoms with Crippen molar-refractivity contribution in [2.45, 2.75) is 39.2 Å². The van der Waals surface area contributed by atoms with E-state index in [1.165, 1.54) is 0 Å². The quantitative estimate of drug-likeness (QED) is 0.844. The lowest BCUT2D eigenvalue weighted by Gasteiger charge is -2.17. The Hall–Kier alpha value is -1.42. The molecule has 0 bridgehead atoms. The first-order chi connectivity index (χ1) is 8.74. The van der Waals surface area contributed by atoms with Crippen molar-refractivity contribution in [3.8, 4) is 17.2 Å². The molecule has 100 valence electrons. The molecule has 1 aliphatic rings. The van der Waals surface area contributed by atoms with Gasteiger partial charge in [0, 0.05) is 6.07 Å². The molecular weight excluding hydrogens is 230 g/mol. The van der Waals surface area contributed by atoms with E-state index in [9.17, 15) is 0 Å². The van der Waals surface area contributed by atoms with Crippen LogP contribution in [0.1, 0.15) is 32.3 Å². The zero-order chi connectivity index (χ0) is 13.0. The zero-order valence-corrected chi connectivity index (χ0v) is 11.1. The van der Waals surface area contributed by atoms with Crippen LogP contribution in [-0.4, -0.2) is 19.4 Å². The smallest absolute Gasteiger partial charge is 0.231 e. The van der Waals surface area contributed by atoms with Crippen LogP contribution in [0.2, 0.25) is 0 Å². The number of rotatable bonds is 6. The van der Waals surface area contributed by atoms with E-state index in [-0.39, 0.29) is 12.9 Å². The van der Waals surface area contributed by atoms with Gasteiger partial charge in [0.1, 0.15) is 5.75 Å². The minimum absolute atomic E-state index is 0.201. The van der Waals surface area contributed by atoms with Crippen molar-refractivity contribution in [1.29, 1.82) is 0 Å². The van der Waals surface area contributed by atoms with E-state index < -0.39 is 0 Å². The van der Waals surface area contributed by atoms with Gasteiger partial charge < -0.3 is 19.9 Å². The summed E-state index contributed by atoms with van der Waals surface area (Å²) < 4.78 is 16.7. The van der Waals surface area contributed by atoms with Crippen molar-refractivity contribution >= 4 is 0 Å². The third-order valence-electron chi connectivity index (χ3n) is 2.99. The molecule has 0 saturated carbocycles. The maximum Gasteiger partial charge on any atom is 0.231 e. The molecule has 4 heteroatoms. The van der Waals surface area contributed by atoms with Gasteiger partial charge in [-0.1, -0.05) is 13.3 Å². The molecule has 0 saturated heterocycles. The number of nitrogens with two attached hydrogens (primary N) is 1. The van der Waals surface area contributed by atoms with Gasteiger partial charge >= 0.3 is 0 Å². The molecule has 0 spiro atoms. The highest BCUT2D eigenvalue weighted by Crippen LogP contribution is 2.38. The highest BCUT2D eigenvalue weighted by atomic mass is 16.7. The molecule has 1 heterocycles. The van der Waals surface area contributed by atoms with Gasteiger partial charge in [-0.2, -0.15) is 0 Å². The molecule has 0 fully saturated rings. The van der Waals surface area contributed by atoms with Gasteiger partial charge in [-0.05, 0) is 37.9 Å². The molecule has 0 amide bonds. The molecule has 0 radical (unpaired) electrons. The molecule has 0 aromatic heterocycles. The van der Waals surface area contributed by atoms with E-state index in [1.54, 1.807) is 0 Å². The Morgan fingerprint density at radius 2 is 2.06 bits per heavy atom. The lowest BCUT2D eigenvalue weighted by Crippen LogP contribution is -2.13. The molecular formula is C14H21NO3. The van der Waals surface area contributed by atoms with Crippen molar-refractivity contribution in [1.82, 2.24) is 0 Å². The summed E-state index contributed by atoms with van der Waals surface area (Å²) >= 11 is 0. The van der Waals surface area contributed by atoms with Gasteiger partial charge in [0.15, 0.2) is 11.5 Å². The summed E-state index contributed by atoms with van der Waals surface area (Å²) in [6, 6.07) is 3.89. The van der Waals surface area contributed by atoms with Gasteiger partial charge in [0.2, 0.25) is 6.79 Å². The summed E-state index contributed by atoms with van der Waals surface area (Å²) in [5.74, 6) is 2.41. The van der Waals surface area contributed by atoms with Crippen LogP contribution in [0.4, 0.5) is 0 Å². The Morgan fingerprint density at radius 1 is 1.33 bits per heavy atom. The molecule has 1 unspecified atom stereocenters. The topological polar surface area (TPSA) is 53.7 Å². The van der Waals surface area contributed by atoms with Crippen molar-refractivity contribution in [2.75, 3.05) is 13.3 Å². The Bertz CT molecular complexity index is 406. The number of hydrogen-bond donors (Lipinski definition) is 1. The van der Waals surface area contributed by atoms with Crippen LogP contribution in [0.15, 0.2) is 12.1 Å². The highest BCUT2D eigenvalue weighted by Gasteiger charge is 2.18. The third-order valence-corrected chi connectivity index (χ3v) is 2.99. The first-order valence-corrected chi connectivity index (χ1v) is 6.53. The van der Waals surface area contributed by atoms with Crippen molar-refractivity contribution in [2.24, 2.45) is 5.73 Å². The van der Waals surface area contributed by atoms with E-state index in [0.29, 0.717) is 6.54 Å². The summed E-state index contributed by atoms with van der Waals surface area (Å²) in [6.45, 7) is 5.12. The van der Waals surface area contributed by atoms with Crippen molar-refractivity contribution in [3.05, 3.63) is 17.7 Å². The van der Waals surface area contributed by atoms with Crippen LogP contribution < -0.4 is 19.9 Å². The maximum absolute atomic E-state index is 5.97. The number of hydrogen-bond acceptors (Lipinski definition) is 4. The van der Waals surface area contributed by atoms with Crippen molar-refractivity contribution < 1.29 is 14.2 Å². The van der Waals surface area contributed by atoms with Crippen LogP contribution in [-0.2, 0) is 6.42 Å². The van der Waals surface area contributed by atoms with Gasteiger partial charge in [0.25, 0.3) is 0 Å². The molecule has 2 N–H and O–H groups in total. The minimum atomic E-state index is 0.201. The molecule has 1 aromatic rings. The van der Waals surface area contributed by atoms with E-state index in [0.717, 1.165) is 42.1 Å². The summed E-state index contributed by atoms with van der Waals surface area (Å²) in [5.41, 5.74) is 6.72. The molecule has 1 aromatic carbocycles. The normalized spacial score (nSPS) is 14.6. The summed E-state index contributed by atoms with van der Waals surface area (Å²) in [6.07, 6.45) is 3.13. The number of ether oxygens (including phenoxy) is 3. The Morgan fingerprint density at radius 3 is 2.72 bits per heavy atom. The lowest BCUT2D eigenvalue weighted by atomic mass is 10.1. The Labute approximate surface area is 108 Å². The third kappa shape index (κ3) is 2.88. The fourth-order valence-electron chi connectivity index (χ4n) is 2.11. The average Bonchev–Trinajstić information content (AvgIpc) is 2.77. The SMILES string of the molecule is CCCC(C)Oc1cc2c(cc1CCN)OCO2. The zero-order valence-electron chi connectivity index (χ0n) is 11.1. The Balaban J connectivity index is 2.20. The number of fused-ring (bicyclic) bond motifs is 1. The minimum Gasteiger partial charge on any atom is -0.490 e. The van der Waals surface area contributed by atoms with Crippen LogP contribution in [0.5, 0.6) is 17.2 Å². The molecule has 1 atom stereocenters. The summed E-state index contributed by atoms with van der Waals surface area (Å²) in [5, 5.41) is 0. The summed E-state index contributed by atoms with van der Waals surface area (Å²) in [4.78, 5) is 0. The first-order valence-electron chi connectivity index (χ1n) is 6.53. The molecule has 4 nitrogen and oxygen atoms in total. The lowest BCUT2D eigenvalue weighted by molar-refractivity contribution is 0.173. The van der Waals surface area contributed by atoms with Crippen LogP contribution in [0, 0.1) is 0 Å². The standard InChI is InChI=1S/C14H21NO3/c1-3-4-10(2)18-12-8-14-13(16-9-17-14)7-11(12)5-6-15/h7-8,10H,3-6,9,15H2,1-2H3. The fraction of sp³-hybridized carbons (Fsp3) is 0.571. The fourth-order valence-corrected chi connectivity index (χ4v) is 2.11. The summed E-state index contributed by atoms with van der Waals surface area (Å²) in [7, 11) is 0. The van der Waals surface area contributed by atoms with Gasteiger partial charge in [-0.15, -0.1) is 0 Å². The van der Waals surface area contributed by atoms with Gasteiger partial charge in [-0.3, -0.25) is 0 Å². The average molecular weight is 251 g/mol. The first kappa shape index (κ1) is 13.0. The number of benzene rings is 1. The van der Waals surface area contributed by atoms with E-state index >= 15 is 0 Å². The van der Waals surface area contributed by atoms with Crippen molar-refractivity contribution in [3.63, 3.8) is 0 Å². The maximum atomic E-state index is 5.97. The second kappa shape index (κ2) is 5.96. The second-order valence-electron chi connectivity index (χ2n) is 4.57. The van der Waals surface area contributed by atoms with Gasteiger partial charge in [0.05, 0.1) is 6.10 Å². The molecule has 1 aliphatic heterocycles. The predicted octanol–water partition coefficient (Wildman–Crippen LogP) is 2.48. The van der Waals surface area contributed by atoms with E-state index in [2.05, 4.69) is 13.8 Å². The van der Waals surface area contributed by atoms with Crippen LogP contribution in [0.3, 0.4) is 0 Å².